The maximum Gasteiger partial charge on any atom is 0.251 e. The Balaban J connectivity index is 1.64. The molecule has 0 heterocycles. The van der Waals surface area contributed by atoms with Crippen LogP contribution in [0.25, 0.3) is 11.1 Å². The lowest BCUT2D eigenvalue weighted by Gasteiger charge is -2.08. The Kier molecular flexibility index (Phi) is 5.00. The van der Waals surface area contributed by atoms with Gasteiger partial charge >= 0.3 is 0 Å². The molecule has 0 aromatic heterocycles. The molecule has 1 amide bonds. The van der Waals surface area contributed by atoms with Crippen LogP contribution in [-0.2, 0) is 6.54 Å². The van der Waals surface area contributed by atoms with Crippen LogP contribution in [0, 0.1) is 18.3 Å². The molecule has 3 aromatic rings. The van der Waals surface area contributed by atoms with Crippen LogP contribution in [-0.4, -0.2) is 5.91 Å². The number of carbonyl (C=O) groups excluding carboxylic acids is 1. The van der Waals surface area contributed by atoms with Crippen LogP contribution in [0.2, 0.25) is 0 Å². The zero-order chi connectivity index (χ0) is 18.5. The summed E-state index contributed by atoms with van der Waals surface area (Å²) in [5, 5.41) is 11.8. The molecule has 3 aromatic carbocycles. The van der Waals surface area contributed by atoms with Crippen molar-refractivity contribution < 1.29 is 4.79 Å². The SMILES string of the molecule is Cc1ccc(C(=O)NCc2ccc(-c3ccc(C#N)cc3)cc2)cc1N. The second kappa shape index (κ2) is 7.54. The number of rotatable bonds is 4. The third kappa shape index (κ3) is 3.90. The Morgan fingerprint density at radius 2 is 1.62 bits per heavy atom. The number of amides is 1. The second-order valence-corrected chi connectivity index (χ2v) is 6.14. The molecular weight excluding hydrogens is 322 g/mol. The van der Waals surface area contributed by atoms with Crippen LogP contribution in [0.1, 0.15) is 27.0 Å². The topological polar surface area (TPSA) is 78.9 Å². The maximum atomic E-state index is 12.2. The molecule has 0 radical (unpaired) electrons. The molecular formula is C22H19N3O. The van der Waals surface area contributed by atoms with Gasteiger partial charge in [0, 0.05) is 17.8 Å². The van der Waals surface area contributed by atoms with Crippen LogP contribution in [0.4, 0.5) is 5.69 Å². The van der Waals surface area contributed by atoms with E-state index in [0.29, 0.717) is 23.4 Å². The van der Waals surface area contributed by atoms with Gasteiger partial charge in [0.05, 0.1) is 11.6 Å². The lowest BCUT2D eigenvalue weighted by molar-refractivity contribution is 0.0951. The summed E-state index contributed by atoms with van der Waals surface area (Å²) in [6, 6.07) is 22.9. The molecule has 0 aliphatic rings. The predicted octanol–water partition coefficient (Wildman–Crippen LogP) is 4.05. The van der Waals surface area contributed by atoms with Gasteiger partial charge in [-0.3, -0.25) is 4.79 Å². The summed E-state index contributed by atoms with van der Waals surface area (Å²) < 4.78 is 0. The van der Waals surface area contributed by atoms with E-state index >= 15 is 0 Å². The summed E-state index contributed by atoms with van der Waals surface area (Å²) >= 11 is 0. The van der Waals surface area contributed by atoms with Crippen LogP contribution < -0.4 is 11.1 Å². The van der Waals surface area contributed by atoms with E-state index in [-0.39, 0.29) is 5.91 Å². The monoisotopic (exact) mass is 341 g/mol. The lowest BCUT2D eigenvalue weighted by Crippen LogP contribution is -2.22. The van der Waals surface area contributed by atoms with E-state index in [9.17, 15) is 4.79 Å². The standard InChI is InChI=1S/C22H19N3O/c1-15-2-7-20(12-21(15)24)22(26)25-14-17-5-10-19(11-6-17)18-8-3-16(13-23)4-9-18/h2-12H,14,24H2,1H3,(H,25,26). The molecule has 0 saturated carbocycles. The molecule has 0 saturated heterocycles. The van der Waals surface area contributed by atoms with Gasteiger partial charge in [0.1, 0.15) is 0 Å². The molecule has 0 bridgehead atoms. The second-order valence-electron chi connectivity index (χ2n) is 6.14. The number of hydrogen-bond acceptors (Lipinski definition) is 3. The smallest absolute Gasteiger partial charge is 0.251 e. The summed E-state index contributed by atoms with van der Waals surface area (Å²) in [7, 11) is 0. The molecule has 0 aliphatic heterocycles. The highest BCUT2D eigenvalue weighted by molar-refractivity contribution is 5.95. The fourth-order valence-electron chi connectivity index (χ4n) is 2.62. The average molecular weight is 341 g/mol. The zero-order valence-electron chi connectivity index (χ0n) is 14.5. The highest BCUT2D eigenvalue weighted by Crippen LogP contribution is 2.20. The van der Waals surface area contributed by atoms with E-state index in [1.54, 1.807) is 24.3 Å². The third-order valence-electron chi connectivity index (χ3n) is 4.30. The largest absolute Gasteiger partial charge is 0.398 e. The number of nitrogens with zero attached hydrogens (tertiary/aromatic N) is 1. The van der Waals surface area contributed by atoms with Crippen LogP contribution in [0.3, 0.4) is 0 Å². The quantitative estimate of drug-likeness (QED) is 0.703. The molecule has 0 aliphatic carbocycles. The Bertz CT molecular complexity index is 968. The Labute approximate surface area is 152 Å². The Morgan fingerprint density at radius 3 is 2.19 bits per heavy atom. The minimum absolute atomic E-state index is 0.145. The van der Waals surface area contributed by atoms with E-state index < -0.39 is 0 Å². The summed E-state index contributed by atoms with van der Waals surface area (Å²) in [5.41, 5.74) is 11.8. The molecule has 0 spiro atoms. The number of aryl methyl sites for hydroxylation is 1. The molecule has 128 valence electrons. The van der Waals surface area contributed by atoms with Gasteiger partial charge < -0.3 is 11.1 Å². The minimum atomic E-state index is -0.145. The fraction of sp³-hybridized carbons (Fsp3) is 0.0909. The number of nitrogens with two attached hydrogens (primary N) is 1. The summed E-state index contributed by atoms with van der Waals surface area (Å²) in [6.07, 6.45) is 0. The average Bonchev–Trinajstić information content (AvgIpc) is 2.68. The van der Waals surface area contributed by atoms with Crippen molar-refractivity contribution in [2.75, 3.05) is 5.73 Å². The molecule has 4 heteroatoms. The van der Waals surface area contributed by atoms with E-state index in [1.807, 2.05) is 49.4 Å². The van der Waals surface area contributed by atoms with Gasteiger partial charge in [-0.1, -0.05) is 42.5 Å². The highest BCUT2D eigenvalue weighted by Gasteiger charge is 2.07. The lowest BCUT2D eigenvalue weighted by atomic mass is 10.0. The van der Waals surface area contributed by atoms with E-state index in [1.165, 1.54) is 0 Å². The van der Waals surface area contributed by atoms with Gasteiger partial charge in [-0.05, 0) is 53.4 Å². The molecule has 0 unspecified atom stereocenters. The third-order valence-corrected chi connectivity index (χ3v) is 4.30. The van der Waals surface area contributed by atoms with Crippen LogP contribution in [0.5, 0.6) is 0 Å². The van der Waals surface area contributed by atoms with Gasteiger partial charge in [0.2, 0.25) is 0 Å². The van der Waals surface area contributed by atoms with Gasteiger partial charge in [0.15, 0.2) is 0 Å². The molecule has 3 N–H and O–H groups in total. The van der Waals surface area contributed by atoms with E-state index in [0.717, 1.165) is 22.3 Å². The minimum Gasteiger partial charge on any atom is -0.398 e. The first-order valence-electron chi connectivity index (χ1n) is 8.30. The van der Waals surface area contributed by atoms with Crippen molar-refractivity contribution in [1.29, 1.82) is 5.26 Å². The molecule has 4 nitrogen and oxygen atoms in total. The Hall–Kier alpha value is -3.58. The number of carbonyl (C=O) groups is 1. The van der Waals surface area contributed by atoms with Gasteiger partial charge in [-0.2, -0.15) is 5.26 Å². The number of nitriles is 1. The van der Waals surface area contributed by atoms with Crippen molar-refractivity contribution in [3.8, 4) is 17.2 Å². The number of benzene rings is 3. The first-order valence-corrected chi connectivity index (χ1v) is 8.30. The van der Waals surface area contributed by atoms with Crippen molar-refractivity contribution >= 4 is 11.6 Å². The number of hydrogen-bond donors (Lipinski definition) is 2. The van der Waals surface area contributed by atoms with Crippen molar-refractivity contribution in [1.82, 2.24) is 5.32 Å². The normalized spacial score (nSPS) is 10.2. The fourth-order valence-corrected chi connectivity index (χ4v) is 2.62. The molecule has 3 rings (SSSR count). The van der Waals surface area contributed by atoms with Crippen molar-refractivity contribution in [3.05, 3.63) is 89.0 Å². The van der Waals surface area contributed by atoms with E-state index in [2.05, 4.69) is 11.4 Å². The number of nitrogens with one attached hydrogen (secondary N) is 1. The van der Waals surface area contributed by atoms with Gasteiger partial charge in [0.25, 0.3) is 5.91 Å². The summed E-state index contributed by atoms with van der Waals surface area (Å²) in [6.45, 7) is 2.35. The number of anilines is 1. The molecule has 0 atom stereocenters. The van der Waals surface area contributed by atoms with Gasteiger partial charge in [-0.25, -0.2) is 0 Å². The van der Waals surface area contributed by atoms with Crippen molar-refractivity contribution in [2.45, 2.75) is 13.5 Å². The Morgan fingerprint density at radius 1 is 1.00 bits per heavy atom. The summed E-state index contributed by atoms with van der Waals surface area (Å²) in [5.74, 6) is -0.145. The van der Waals surface area contributed by atoms with Crippen LogP contribution >= 0.6 is 0 Å². The maximum absolute atomic E-state index is 12.2. The summed E-state index contributed by atoms with van der Waals surface area (Å²) in [4.78, 5) is 12.2. The zero-order valence-corrected chi connectivity index (χ0v) is 14.5. The molecule has 26 heavy (non-hydrogen) atoms. The van der Waals surface area contributed by atoms with Crippen LogP contribution in [0.15, 0.2) is 66.7 Å². The van der Waals surface area contributed by atoms with Crippen molar-refractivity contribution in [3.63, 3.8) is 0 Å². The highest BCUT2D eigenvalue weighted by atomic mass is 16.1. The number of nitrogen functional groups attached to an aromatic ring is 1. The molecule has 0 fully saturated rings. The predicted molar refractivity (Wildman–Crippen MR) is 103 cm³/mol. The first-order chi connectivity index (χ1) is 12.6. The van der Waals surface area contributed by atoms with Crippen molar-refractivity contribution in [2.24, 2.45) is 0 Å². The van der Waals surface area contributed by atoms with E-state index in [4.69, 9.17) is 11.0 Å². The first kappa shape index (κ1) is 17.2. The van der Waals surface area contributed by atoms with Gasteiger partial charge in [-0.15, -0.1) is 0 Å².